The Morgan fingerprint density at radius 1 is 0.731 bits per heavy atom. The van der Waals surface area contributed by atoms with Gasteiger partial charge in [0.2, 0.25) is 0 Å². The van der Waals surface area contributed by atoms with E-state index in [1.54, 1.807) is 4.68 Å². The van der Waals surface area contributed by atoms with Crippen LogP contribution in [-0.4, -0.2) is 20.0 Å². The summed E-state index contributed by atoms with van der Waals surface area (Å²) in [6, 6.07) is 24.2. The second kappa shape index (κ2) is 7.45. The molecule has 0 aliphatic rings. The third-order valence-corrected chi connectivity index (χ3v) is 3.92. The van der Waals surface area contributed by atoms with Gasteiger partial charge in [-0.1, -0.05) is 71.9 Å². The lowest BCUT2D eigenvalue weighted by Crippen LogP contribution is -1.99. The van der Waals surface area contributed by atoms with Crippen molar-refractivity contribution in [3.05, 3.63) is 102 Å². The first-order valence-electron chi connectivity index (χ1n) is 8.34. The SMILES string of the molecule is C(#Cc1cn(Cc2ccccc2)nn1)c1ccc(-c2ccccc2)cn1. The molecule has 0 saturated carbocycles. The van der Waals surface area contributed by atoms with E-state index < -0.39 is 0 Å². The van der Waals surface area contributed by atoms with Crippen LogP contribution in [0.5, 0.6) is 0 Å². The van der Waals surface area contributed by atoms with Crippen LogP contribution >= 0.6 is 0 Å². The molecular weight excluding hydrogens is 320 g/mol. The maximum Gasteiger partial charge on any atom is 0.155 e. The van der Waals surface area contributed by atoms with E-state index in [0.717, 1.165) is 11.1 Å². The minimum absolute atomic E-state index is 0.634. The molecule has 2 aromatic carbocycles. The van der Waals surface area contributed by atoms with Crippen LogP contribution in [0.3, 0.4) is 0 Å². The van der Waals surface area contributed by atoms with Gasteiger partial charge in [-0.25, -0.2) is 9.67 Å². The number of nitrogens with zero attached hydrogens (tertiary/aromatic N) is 4. The Morgan fingerprint density at radius 3 is 2.19 bits per heavy atom. The van der Waals surface area contributed by atoms with Gasteiger partial charge in [-0.05, 0) is 29.0 Å². The van der Waals surface area contributed by atoms with Crippen molar-refractivity contribution in [1.29, 1.82) is 0 Å². The first-order chi connectivity index (χ1) is 12.9. The summed E-state index contributed by atoms with van der Waals surface area (Å²) in [5, 5.41) is 8.23. The molecule has 0 aliphatic carbocycles. The third kappa shape index (κ3) is 3.85. The summed E-state index contributed by atoms with van der Waals surface area (Å²) in [7, 11) is 0. The van der Waals surface area contributed by atoms with Gasteiger partial charge < -0.3 is 0 Å². The highest BCUT2D eigenvalue weighted by atomic mass is 15.4. The second-order valence-corrected chi connectivity index (χ2v) is 5.84. The van der Waals surface area contributed by atoms with Gasteiger partial charge in [0, 0.05) is 11.8 Å². The molecular formula is C22H16N4. The topological polar surface area (TPSA) is 43.6 Å². The molecule has 0 N–H and O–H groups in total. The van der Waals surface area contributed by atoms with Crippen LogP contribution in [0, 0.1) is 11.8 Å². The summed E-state index contributed by atoms with van der Waals surface area (Å²) in [4.78, 5) is 4.42. The number of pyridine rings is 1. The van der Waals surface area contributed by atoms with Gasteiger partial charge in [0.15, 0.2) is 5.69 Å². The highest BCUT2D eigenvalue weighted by molar-refractivity contribution is 5.62. The Hall–Kier alpha value is -3.71. The van der Waals surface area contributed by atoms with Gasteiger partial charge in [-0.15, -0.1) is 5.10 Å². The number of aromatic nitrogens is 4. The highest BCUT2D eigenvalue weighted by Gasteiger charge is 2.00. The Morgan fingerprint density at radius 2 is 1.46 bits per heavy atom. The Labute approximate surface area is 152 Å². The van der Waals surface area contributed by atoms with Gasteiger partial charge in [-0.3, -0.25) is 0 Å². The van der Waals surface area contributed by atoms with Crippen LogP contribution in [0.4, 0.5) is 0 Å². The van der Waals surface area contributed by atoms with E-state index in [9.17, 15) is 0 Å². The van der Waals surface area contributed by atoms with Crippen molar-refractivity contribution in [2.75, 3.05) is 0 Å². The Balaban J connectivity index is 1.46. The molecule has 4 nitrogen and oxygen atoms in total. The Kier molecular flexibility index (Phi) is 4.53. The van der Waals surface area contributed by atoms with E-state index in [1.165, 1.54) is 5.56 Å². The van der Waals surface area contributed by atoms with Crippen LogP contribution < -0.4 is 0 Å². The fourth-order valence-electron chi connectivity index (χ4n) is 2.60. The van der Waals surface area contributed by atoms with Gasteiger partial charge in [0.25, 0.3) is 0 Å². The average molecular weight is 336 g/mol. The zero-order chi connectivity index (χ0) is 17.6. The van der Waals surface area contributed by atoms with Crippen molar-refractivity contribution in [2.45, 2.75) is 6.54 Å². The number of rotatable bonds is 3. The smallest absolute Gasteiger partial charge is 0.155 e. The zero-order valence-electron chi connectivity index (χ0n) is 14.1. The van der Waals surface area contributed by atoms with Crippen molar-refractivity contribution >= 4 is 0 Å². The summed E-state index contributed by atoms with van der Waals surface area (Å²) in [5.74, 6) is 6.06. The molecule has 124 valence electrons. The quantitative estimate of drug-likeness (QED) is 0.535. The molecule has 0 saturated heterocycles. The fraction of sp³-hybridized carbons (Fsp3) is 0.0455. The third-order valence-electron chi connectivity index (χ3n) is 3.92. The molecule has 0 fully saturated rings. The molecule has 0 bridgehead atoms. The maximum atomic E-state index is 4.42. The largest absolute Gasteiger partial charge is 0.247 e. The van der Waals surface area contributed by atoms with Gasteiger partial charge >= 0.3 is 0 Å². The van der Waals surface area contributed by atoms with Gasteiger partial charge in [0.1, 0.15) is 5.69 Å². The van der Waals surface area contributed by atoms with E-state index in [1.807, 2.05) is 60.9 Å². The first-order valence-corrected chi connectivity index (χ1v) is 8.34. The monoisotopic (exact) mass is 336 g/mol. The lowest BCUT2D eigenvalue weighted by Gasteiger charge is -1.99. The standard InChI is InChI=1S/C22H16N4/c1-3-7-18(8-4-1)16-26-17-22(24-25-26)14-13-21-12-11-20(15-23-21)19-9-5-2-6-10-19/h1-12,15,17H,16H2. The van der Waals surface area contributed by atoms with Crippen molar-refractivity contribution in [1.82, 2.24) is 20.0 Å². The van der Waals surface area contributed by atoms with Crippen LogP contribution in [0.15, 0.2) is 85.2 Å². The van der Waals surface area contributed by atoms with Gasteiger partial charge in [0.05, 0.1) is 12.7 Å². The zero-order valence-corrected chi connectivity index (χ0v) is 14.1. The normalized spacial score (nSPS) is 10.2. The molecule has 0 radical (unpaired) electrons. The predicted molar refractivity (Wildman–Crippen MR) is 101 cm³/mol. The summed E-state index contributed by atoms with van der Waals surface area (Å²) in [6.07, 6.45) is 3.68. The summed E-state index contributed by atoms with van der Waals surface area (Å²) < 4.78 is 1.78. The van der Waals surface area contributed by atoms with Crippen LogP contribution in [-0.2, 0) is 6.54 Å². The van der Waals surface area contributed by atoms with E-state index in [2.05, 4.69) is 51.4 Å². The van der Waals surface area contributed by atoms with E-state index in [4.69, 9.17) is 0 Å². The molecule has 4 heteroatoms. The molecule has 0 spiro atoms. The highest BCUT2D eigenvalue weighted by Crippen LogP contribution is 2.17. The molecule has 0 atom stereocenters. The summed E-state index contributed by atoms with van der Waals surface area (Å²) in [5.41, 5.74) is 4.74. The fourth-order valence-corrected chi connectivity index (χ4v) is 2.60. The molecule has 2 heterocycles. The van der Waals surface area contributed by atoms with Crippen molar-refractivity contribution in [2.24, 2.45) is 0 Å². The maximum absolute atomic E-state index is 4.42. The predicted octanol–water partition coefficient (Wildman–Crippen LogP) is 3.79. The molecule has 4 rings (SSSR count). The molecule has 26 heavy (non-hydrogen) atoms. The molecule has 0 unspecified atom stereocenters. The number of hydrogen-bond acceptors (Lipinski definition) is 3. The molecule has 4 aromatic rings. The second-order valence-electron chi connectivity index (χ2n) is 5.84. The summed E-state index contributed by atoms with van der Waals surface area (Å²) in [6.45, 7) is 0.680. The van der Waals surface area contributed by atoms with E-state index >= 15 is 0 Å². The lowest BCUT2D eigenvalue weighted by atomic mass is 10.1. The first kappa shape index (κ1) is 15.8. The lowest BCUT2D eigenvalue weighted by molar-refractivity contribution is 0.649. The summed E-state index contributed by atoms with van der Waals surface area (Å²) >= 11 is 0. The van der Waals surface area contributed by atoms with Crippen molar-refractivity contribution in [3.8, 4) is 23.0 Å². The van der Waals surface area contributed by atoms with E-state index in [0.29, 0.717) is 17.9 Å². The number of benzene rings is 2. The van der Waals surface area contributed by atoms with E-state index in [-0.39, 0.29) is 0 Å². The van der Waals surface area contributed by atoms with Crippen molar-refractivity contribution in [3.63, 3.8) is 0 Å². The minimum Gasteiger partial charge on any atom is -0.247 e. The van der Waals surface area contributed by atoms with Crippen LogP contribution in [0.1, 0.15) is 17.0 Å². The molecule has 0 amide bonds. The average Bonchev–Trinajstić information content (AvgIpc) is 3.16. The molecule has 2 aromatic heterocycles. The van der Waals surface area contributed by atoms with Crippen molar-refractivity contribution < 1.29 is 0 Å². The van der Waals surface area contributed by atoms with Crippen LogP contribution in [0.2, 0.25) is 0 Å². The molecule has 0 aliphatic heterocycles. The number of hydrogen-bond donors (Lipinski definition) is 0. The van der Waals surface area contributed by atoms with Gasteiger partial charge in [-0.2, -0.15) is 0 Å². The Bertz CT molecular complexity index is 1040. The van der Waals surface area contributed by atoms with Crippen LogP contribution in [0.25, 0.3) is 11.1 Å². The minimum atomic E-state index is 0.634.